The molecular formula is C22H17Cl2N7O3. The number of aromatic nitrogens is 5. The molecule has 0 saturated heterocycles. The van der Waals surface area contributed by atoms with Gasteiger partial charge in [0, 0.05) is 18.7 Å². The summed E-state index contributed by atoms with van der Waals surface area (Å²) in [5, 5.41) is 16.2. The van der Waals surface area contributed by atoms with Crippen molar-refractivity contribution in [2.75, 3.05) is 12.4 Å². The lowest BCUT2D eigenvalue weighted by molar-refractivity contribution is 0.482. The predicted molar refractivity (Wildman–Crippen MR) is 127 cm³/mol. The van der Waals surface area contributed by atoms with E-state index in [1.807, 2.05) is 24.2 Å². The lowest BCUT2D eigenvalue weighted by atomic mass is 10.2. The number of nitrogens with one attached hydrogen (secondary N) is 2. The fourth-order valence-corrected chi connectivity index (χ4v) is 4.32. The molecule has 34 heavy (non-hydrogen) atoms. The van der Waals surface area contributed by atoms with Gasteiger partial charge in [0.1, 0.15) is 11.8 Å². The molecule has 2 N–H and O–H groups in total. The number of imidazole rings is 1. The highest BCUT2D eigenvalue weighted by Gasteiger charge is 2.42. The molecule has 10 nitrogen and oxygen atoms in total. The van der Waals surface area contributed by atoms with E-state index in [9.17, 15) is 9.59 Å². The molecule has 2 aromatic carbocycles. The molecule has 0 spiro atoms. The van der Waals surface area contributed by atoms with Crippen LogP contribution in [0.25, 0.3) is 16.7 Å². The van der Waals surface area contributed by atoms with Crippen molar-refractivity contribution in [2.24, 2.45) is 0 Å². The van der Waals surface area contributed by atoms with E-state index in [2.05, 4.69) is 26.9 Å². The van der Waals surface area contributed by atoms with Crippen LogP contribution in [0, 0.1) is 11.3 Å². The lowest BCUT2D eigenvalue weighted by Crippen LogP contribution is -2.33. The van der Waals surface area contributed by atoms with E-state index in [1.165, 1.54) is 12.1 Å². The molecule has 5 rings (SSSR count). The second-order valence-electron chi connectivity index (χ2n) is 8.14. The van der Waals surface area contributed by atoms with Gasteiger partial charge in [0.05, 0.1) is 26.8 Å². The zero-order chi connectivity index (χ0) is 24.2. The van der Waals surface area contributed by atoms with Crippen molar-refractivity contribution in [3.8, 4) is 23.3 Å². The second kappa shape index (κ2) is 7.90. The molecule has 1 aliphatic carbocycles. The maximum Gasteiger partial charge on any atom is 0.349 e. The van der Waals surface area contributed by atoms with Gasteiger partial charge in [-0.05, 0) is 44.0 Å². The molecule has 12 heteroatoms. The molecule has 2 aromatic heterocycles. The van der Waals surface area contributed by atoms with Crippen LogP contribution in [0.15, 0.2) is 39.9 Å². The van der Waals surface area contributed by atoms with Crippen LogP contribution in [-0.4, -0.2) is 31.4 Å². The van der Waals surface area contributed by atoms with E-state index >= 15 is 0 Å². The van der Waals surface area contributed by atoms with E-state index in [0.717, 1.165) is 34.5 Å². The minimum atomic E-state index is -0.878. The molecule has 1 saturated carbocycles. The van der Waals surface area contributed by atoms with Crippen LogP contribution < -0.4 is 21.3 Å². The van der Waals surface area contributed by atoms with E-state index < -0.39 is 16.9 Å². The summed E-state index contributed by atoms with van der Waals surface area (Å²) in [5.74, 6) is 1.47. The molecule has 0 bridgehead atoms. The summed E-state index contributed by atoms with van der Waals surface area (Å²) in [7, 11) is 1.84. The van der Waals surface area contributed by atoms with Crippen molar-refractivity contribution in [3.05, 3.63) is 66.9 Å². The van der Waals surface area contributed by atoms with Crippen LogP contribution in [0.1, 0.15) is 25.5 Å². The molecule has 1 aliphatic rings. The van der Waals surface area contributed by atoms with Crippen LogP contribution in [0.3, 0.4) is 0 Å². The number of H-pyrrole nitrogens is 1. The minimum Gasteiger partial charge on any atom is -0.454 e. The Morgan fingerprint density at radius 1 is 1.21 bits per heavy atom. The molecule has 4 aromatic rings. The number of benzene rings is 2. The van der Waals surface area contributed by atoms with Crippen LogP contribution >= 0.6 is 23.2 Å². The quantitative estimate of drug-likeness (QED) is 0.428. The third-order valence-electron chi connectivity index (χ3n) is 5.74. The van der Waals surface area contributed by atoms with Gasteiger partial charge in [-0.1, -0.05) is 23.2 Å². The molecule has 0 unspecified atom stereocenters. The van der Waals surface area contributed by atoms with Gasteiger partial charge in [-0.2, -0.15) is 9.94 Å². The summed E-state index contributed by atoms with van der Waals surface area (Å²) in [6, 6.07) is 9.94. The van der Waals surface area contributed by atoms with Gasteiger partial charge in [0.2, 0.25) is 11.6 Å². The van der Waals surface area contributed by atoms with E-state index in [1.54, 1.807) is 12.1 Å². The third kappa shape index (κ3) is 3.59. The Morgan fingerprint density at radius 2 is 1.91 bits per heavy atom. The number of hydrogen-bond donors (Lipinski definition) is 2. The summed E-state index contributed by atoms with van der Waals surface area (Å²) in [6.07, 6.45) is 2.12. The second-order valence-corrected chi connectivity index (χ2v) is 8.95. The maximum absolute atomic E-state index is 12.2. The SMILES string of the molecule is CNc1nc2ccc(Oc3c(Cl)cc(-n4nc(C#N)c(=O)[nH]c4=O)cc3Cl)cc2n1C1(C)CC1. The summed E-state index contributed by atoms with van der Waals surface area (Å²) >= 11 is 12.9. The number of ether oxygens (including phenoxy) is 1. The van der Waals surface area contributed by atoms with Gasteiger partial charge in [-0.3, -0.25) is 9.78 Å². The van der Waals surface area contributed by atoms with Crippen molar-refractivity contribution >= 4 is 40.2 Å². The summed E-state index contributed by atoms with van der Waals surface area (Å²) in [4.78, 5) is 30.5. The Kier molecular flexibility index (Phi) is 5.11. The van der Waals surface area contributed by atoms with E-state index in [4.69, 9.17) is 33.2 Å². The van der Waals surface area contributed by atoms with Crippen molar-refractivity contribution in [1.29, 1.82) is 5.26 Å². The highest BCUT2D eigenvalue weighted by atomic mass is 35.5. The van der Waals surface area contributed by atoms with Crippen molar-refractivity contribution < 1.29 is 4.74 Å². The fraction of sp³-hybridized carbons (Fsp3) is 0.227. The number of aromatic amines is 1. The number of nitrogens with zero attached hydrogens (tertiary/aromatic N) is 5. The Balaban J connectivity index is 1.55. The monoisotopic (exact) mass is 497 g/mol. The average Bonchev–Trinajstić information content (AvgIpc) is 3.42. The van der Waals surface area contributed by atoms with Gasteiger partial charge >= 0.3 is 5.69 Å². The topological polar surface area (TPSA) is 131 Å². The summed E-state index contributed by atoms with van der Waals surface area (Å²) in [6.45, 7) is 2.18. The number of rotatable bonds is 5. The molecule has 0 amide bonds. The summed E-state index contributed by atoms with van der Waals surface area (Å²) in [5.41, 5.74) is -0.277. The first-order valence-corrected chi connectivity index (χ1v) is 11.0. The van der Waals surface area contributed by atoms with Crippen molar-refractivity contribution in [3.63, 3.8) is 0 Å². The minimum absolute atomic E-state index is 0.00184. The Hall–Kier alpha value is -3.81. The van der Waals surface area contributed by atoms with Crippen molar-refractivity contribution in [2.45, 2.75) is 25.3 Å². The van der Waals surface area contributed by atoms with Gasteiger partial charge in [0.25, 0.3) is 5.56 Å². The molecular weight excluding hydrogens is 481 g/mol. The van der Waals surface area contributed by atoms with Gasteiger partial charge in [-0.25, -0.2) is 9.78 Å². The fourth-order valence-electron chi connectivity index (χ4n) is 3.77. The van der Waals surface area contributed by atoms with Crippen LogP contribution in [0.4, 0.5) is 5.95 Å². The number of nitriles is 1. The normalized spacial score (nSPS) is 14.1. The average molecular weight is 498 g/mol. The smallest absolute Gasteiger partial charge is 0.349 e. The zero-order valence-electron chi connectivity index (χ0n) is 18.0. The standard InChI is InChI=1S/C22H17Cl2N7O3/c1-22(5-6-22)30-17-9-12(3-4-15(17)27-20(30)26-2)34-18-13(23)7-11(8-14(18)24)31-21(33)28-19(32)16(10-25)29-31/h3-4,7-9H,5-6H2,1-2H3,(H,26,27)(H,28,32,33). The molecule has 172 valence electrons. The highest BCUT2D eigenvalue weighted by molar-refractivity contribution is 6.37. The zero-order valence-corrected chi connectivity index (χ0v) is 19.5. The number of hydrogen-bond acceptors (Lipinski definition) is 7. The Bertz CT molecular complexity index is 1600. The number of anilines is 1. The Morgan fingerprint density at radius 3 is 2.53 bits per heavy atom. The Labute approximate surface area is 202 Å². The van der Waals surface area contributed by atoms with Gasteiger partial charge < -0.3 is 14.6 Å². The van der Waals surface area contributed by atoms with Crippen molar-refractivity contribution in [1.82, 2.24) is 24.3 Å². The molecule has 1 fully saturated rings. The van der Waals surface area contributed by atoms with Crippen LogP contribution in [0.5, 0.6) is 11.5 Å². The predicted octanol–water partition coefficient (Wildman–Crippen LogP) is 3.79. The summed E-state index contributed by atoms with van der Waals surface area (Å²) < 4.78 is 9.03. The molecule has 0 aliphatic heterocycles. The molecule has 0 atom stereocenters. The highest BCUT2D eigenvalue weighted by Crippen LogP contribution is 2.47. The largest absolute Gasteiger partial charge is 0.454 e. The lowest BCUT2D eigenvalue weighted by Gasteiger charge is -2.16. The molecule has 2 heterocycles. The first kappa shape index (κ1) is 22.0. The third-order valence-corrected chi connectivity index (χ3v) is 6.31. The first-order chi connectivity index (χ1) is 16.2. The van der Waals surface area contributed by atoms with Crippen LogP contribution in [0.2, 0.25) is 10.0 Å². The first-order valence-electron chi connectivity index (χ1n) is 10.3. The maximum atomic E-state index is 12.2. The van der Waals surface area contributed by atoms with Gasteiger partial charge in [-0.15, -0.1) is 5.10 Å². The van der Waals surface area contributed by atoms with Crippen LogP contribution in [-0.2, 0) is 5.54 Å². The number of halogens is 2. The molecule has 0 radical (unpaired) electrons. The number of fused-ring (bicyclic) bond motifs is 1. The van der Waals surface area contributed by atoms with E-state index in [-0.39, 0.29) is 27.0 Å². The van der Waals surface area contributed by atoms with E-state index in [0.29, 0.717) is 5.75 Å². The van der Waals surface area contributed by atoms with Gasteiger partial charge in [0.15, 0.2) is 5.75 Å².